The molecular formula is C16H20N2O3S. The minimum absolute atomic E-state index is 0.348. The van der Waals surface area contributed by atoms with Gasteiger partial charge in [0.05, 0.1) is 18.5 Å². The normalized spacial score (nSPS) is 11.3. The van der Waals surface area contributed by atoms with Crippen LogP contribution in [-0.4, -0.2) is 23.2 Å². The lowest BCUT2D eigenvalue weighted by Gasteiger charge is -1.95. The van der Waals surface area contributed by atoms with Crippen LogP contribution in [0.25, 0.3) is 12.2 Å². The second-order valence-electron chi connectivity index (χ2n) is 4.99. The van der Waals surface area contributed by atoms with Gasteiger partial charge in [-0.05, 0) is 38.8 Å². The predicted octanol–water partition coefficient (Wildman–Crippen LogP) is 4.05. The van der Waals surface area contributed by atoms with Crippen molar-refractivity contribution < 1.29 is 14.1 Å². The predicted molar refractivity (Wildman–Crippen MR) is 87.0 cm³/mol. The summed E-state index contributed by atoms with van der Waals surface area (Å²) in [5, 5.41) is 4.88. The lowest BCUT2D eigenvalue weighted by molar-refractivity contribution is 0.0605. The van der Waals surface area contributed by atoms with Crippen LogP contribution in [0.4, 0.5) is 0 Å². The molecule has 0 amide bonds. The molecule has 0 aliphatic heterocycles. The molecule has 0 atom stereocenters. The molecule has 0 aromatic carbocycles. The topological polar surface area (TPSA) is 65.2 Å². The van der Waals surface area contributed by atoms with Crippen molar-refractivity contribution in [2.24, 2.45) is 0 Å². The maximum absolute atomic E-state index is 11.6. The van der Waals surface area contributed by atoms with Gasteiger partial charge >= 0.3 is 5.97 Å². The van der Waals surface area contributed by atoms with Crippen LogP contribution in [0.3, 0.4) is 0 Å². The van der Waals surface area contributed by atoms with Crippen LogP contribution < -0.4 is 0 Å². The van der Waals surface area contributed by atoms with Crippen LogP contribution in [0.1, 0.15) is 57.2 Å². The molecule has 118 valence electrons. The summed E-state index contributed by atoms with van der Waals surface area (Å²) < 4.78 is 10.0. The number of carbonyl (C=O) groups is 1. The van der Waals surface area contributed by atoms with Crippen molar-refractivity contribution in [1.29, 1.82) is 0 Å². The third-order valence-electron chi connectivity index (χ3n) is 3.33. The average Bonchev–Trinajstić information content (AvgIpc) is 3.05. The van der Waals surface area contributed by atoms with Gasteiger partial charge in [-0.15, -0.1) is 11.3 Å². The number of nitrogens with zero attached hydrogens (tertiary/aromatic N) is 2. The second kappa shape index (κ2) is 7.35. The summed E-state index contributed by atoms with van der Waals surface area (Å²) in [4.78, 5) is 16.5. The standard InChI is InChI=1S/C16H20N2O3S/c1-5-6-7-13-12(11(3)21-18-13)8-9-14-17-10(2)15(22-14)16(19)20-4/h8-9H,5-7H2,1-4H3/b9-8+. The van der Waals surface area contributed by atoms with Crippen molar-refractivity contribution in [3.63, 3.8) is 0 Å². The van der Waals surface area contributed by atoms with Crippen molar-refractivity contribution in [2.45, 2.75) is 40.0 Å². The molecule has 22 heavy (non-hydrogen) atoms. The number of ether oxygens (including phenoxy) is 1. The first kappa shape index (κ1) is 16.4. The highest BCUT2D eigenvalue weighted by Crippen LogP contribution is 2.23. The number of unbranched alkanes of at least 4 members (excludes halogenated alkanes) is 1. The fourth-order valence-corrected chi connectivity index (χ4v) is 2.98. The first-order chi connectivity index (χ1) is 10.6. The molecule has 2 aromatic heterocycles. The van der Waals surface area contributed by atoms with Gasteiger partial charge in [-0.3, -0.25) is 0 Å². The average molecular weight is 320 g/mol. The molecule has 0 bridgehead atoms. The molecule has 0 N–H and O–H groups in total. The van der Waals surface area contributed by atoms with Crippen molar-refractivity contribution in [3.8, 4) is 0 Å². The Kier molecular flexibility index (Phi) is 5.49. The molecule has 0 aliphatic carbocycles. The van der Waals surface area contributed by atoms with Gasteiger partial charge < -0.3 is 9.26 Å². The van der Waals surface area contributed by atoms with Crippen molar-refractivity contribution in [2.75, 3.05) is 7.11 Å². The first-order valence-electron chi connectivity index (χ1n) is 7.25. The fourth-order valence-electron chi connectivity index (χ4n) is 2.09. The maximum atomic E-state index is 11.6. The number of aryl methyl sites for hydroxylation is 3. The number of hydrogen-bond donors (Lipinski definition) is 0. The molecular weight excluding hydrogens is 300 g/mol. The van der Waals surface area contributed by atoms with Gasteiger partial charge in [0.1, 0.15) is 15.6 Å². The zero-order chi connectivity index (χ0) is 16.1. The SMILES string of the molecule is CCCCc1noc(C)c1/C=C/c1nc(C)c(C(=O)OC)s1. The van der Waals surface area contributed by atoms with Crippen LogP contribution >= 0.6 is 11.3 Å². The highest BCUT2D eigenvalue weighted by molar-refractivity contribution is 7.14. The summed E-state index contributed by atoms with van der Waals surface area (Å²) in [5.41, 5.74) is 2.66. The summed E-state index contributed by atoms with van der Waals surface area (Å²) in [6.45, 7) is 5.85. The number of hydrogen-bond acceptors (Lipinski definition) is 6. The molecule has 0 unspecified atom stereocenters. The molecule has 2 rings (SSSR count). The van der Waals surface area contributed by atoms with Gasteiger partial charge in [-0.2, -0.15) is 0 Å². The van der Waals surface area contributed by atoms with Crippen LogP contribution in [-0.2, 0) is 11.2 Å². The number of methoxy groups -OCH3 is 1. The second-order valence-corrected chi connectivity index (χ2v) is 6.02. The Morgan fingerprint density at radius 2 is 2.14 bits per heavy atom. The summed E-state index contributed by atoms with van der Waals surface area (Å²) in [6.07, 6.45) is 6.94. The van der Waals surface area contributed by atoms with E-state index >= 15 is 0 Å². The monoisotopic (exact) mass is 320 g/mol. The third kappa shape index (κ3) is 3.62. The van der Waals surface area contributed by atoms with E-state index in [4.69, 9.17) is 9.26 Å². The van der Waals surface area contributed by atoms with Crippen LogP contribution in [0, 0.1) is 13.8 Å². The third-order valence-corrected chi connectivity index (χ3v) is 4.43. The summed E-state index contributed by atoms with van der Waals surface area (Å²) in [5.74, 6) is 0.447. The van der Waals surface area contributed by atoms with Gasteiger partial charge in [0.2, 0.25) is 0 Å². The van der Waals surface area contributed by atoms with E-state index in [1.54, 1.807) is 6.92 Å². The number of rotatable bonds is 6. The van der Waals surface area contributed by atoms with Gasteiger partial charge in [0.25, 0.3) is 0 Å². The van der Waals surface area contributed by atoms with E-state index in [1.165, 1.54) is 18.4 Å². The molecule has 0 saturated carbocycles. The van der Waals surface area contributed by atoms with E-state index in [2.05, 4.69) is 17.1 Å². The van der Waals surface area contributed by atoms with E-state index in [0.29, 0.717) is 10.6 Å². The molecule has 0 fully saturated rings. The van der Waals surface area contributed by atoms with E-state index in [-0.39, 0.29) is 5.97 Å². The largest absolute Gasteiger partial charge is 0.465 e. The van der Waals surface area contributed by atoms with Gasteiger partial charge in [-0.25, -0.2) is 9.78 Å². The van der Waals surface area contributed by atoms with Crippen LogP contribution in [0.5, 0.6) is 0 Å². The quantitative estimate of drug-likeness (QED) is 0.751. The zero-order valence-electron chi connectivity index (χ0n) is 13.3. The molecule has 0 aliphatic rings. The van der Waals surface area contributed by atoms with Crippen molar-refractivity contribution in [3.05, 3.63) is 32.6 Å². The maximum Gasteiger partial charge on any atom is 0.349 e. The Bertz CT molecular complexity index is 686. The summed E-state index contributed by atoms with van der Waals surface area (Å²) >= 11 is 1.32. The molecule has 0 saturated heterocycles. The Morgan fingerprint density at radius 3 is 2.82 bits per heavy atom. The minimum atomic E-state index is -0.348. The lowest BCUT2D eigenvalue weighted by Crippen LogP contribution is -1.99. The number of carbonyl (C=O) groups excluding carboxylic acids is 1. The highest BCUT2D eigenvalue weighted by atomic mass is 32.1. The highest BCUT2D eigenvalue weighted by Gasteiger charge is 2.15. The molecule has 5 nitrogen and oxygen atoms in total. The molecule has 6 heteroatoms. The summed E-state index contributed by atoms with van der Waals surface area (Å²) in [7, 11) is 1.37. The molecule has 0 spiro atoms. The van der Waals surface area contributed by atoms with Crippen LogP contribution in [0.2, 0.25) is 0 Å². The number of esters is 1. The Balaban J connectivity index is 2.22. The summed E-state index contributed by atoms with van der Waals surface area (Å²) in [6, 6.07) is 0. The Morgan fingerprint density at radius 1 is 1.36 bits per heavy atom. The smallest absolute Gasteiger partial charge is 0.349 e. The first-order valence-corrected chi connectivity index (χ1v) is 8.07. The Labute approximate surface area is 134 Å². The van der Waals surface area contributed by atoms with Crippen molar-refractivity contribution in [1.82, 2.24) is 10.1 Å². The van der Waals surface area contributed by atoms with E-state index in [1.807, 2.05) is 19.1 Å². The molecule has 2 aromatic rings. The number of aromatic nitrogens is 2. The lowest BCUT2D eigenvalue weighted by atomic mass is 10.1. The molecule has 0 radical (unpaired) electrons. The van der Waals surface area contributed by atoms with E-state index in [0.717, 1.165) is 41.3 Å². The minimum Gasteiger partial charge on any atom is -0.465 e. The Hall–Kier alpha value is -1.95. The van der Waals surface area contributed by atoms with E-state index < -0.39 is 0 Å². The van der Waals surface area contributed by atoms with Gasteiger partial charge in [0.15, 0.2) is 0 Å². The number of thiazole rings is 1. The van der Waals surface area contributed by atoms with Gasteiger partial charge in [-0.1, -0.05) is 18.5 Å². The fraction of sp³-hybridized carbons (Fsp3) is 0.438. The van der Waals surface area contributed by atoms with Crippen molar-refractivity contribution >= 4 is 29.5 Å². The molecule has 2 heterocycles. The van der Waals surface area contributed by atoms with Crippen LogP contribution in [0.15, 0.2) is 4.52 Å². The van der Waals surface area contributed by atoms with Gasteiger partial charge in [0, 0.05) is 5.56 Å². The van der Waals surface area contributed by atoms with E-state index in [9.17, 15) is 4.79 Å². The zero-order valence-corrected chi connectivity index (χ0v) is 14.1.